The quantitative estimate of drug-likeness (QED) is 0.779. The smallest absolute Gasteiger partial charge is 0.355 e. The molecule has 0 radical (unpaired) electrons. The van der Waals surface area contributed by atoms with E-state index < -0.39 is 17.9 Å². The molecule has 2 aromatic rings. The minimum Gasteiger partial charge on any atom is -0.476 e. The van der Waals surface area contributed by atoms with Gasteiger partial charge in [-0.25, -0.2) is 9.78 Å². The molecule has 2 heterocycles. The molecule has 1 atom stereocenters. The minimum absolute atomic E-state index is 0.0535. The van der Waals surface area contributed by atoms with E-state index in [1.807, 2.05) is 0 Å². The third-order valence-corrected chi connectivity index (χ3v) is 3.52. The van der Waals surface area contributed by atoms with Gasteiger partial charge in [0.1, 0.15) is 5.01 Å². The Morgan fingerprint density at radius 2 is 2.25 bits per heavy atom. The molecular formula is C12H11N3O4S. The molecule has 3 N–H and O–H groups in total. The Balaban J connectivity index is 2.10. The fourth-order valence-corrected chi connectivity index (χ4v) is 2.31. The number of aromatic amines is 1. The number of aromatic nitrogens is 2. The highest BCUT2D eigenvalue weighted by Gasteiger charge is 2.16. The van der Waals surface area contributed by atoms with E-state index in [4.69, 9.17) is 5.11 Å². The molecule has 0 aliphatic carbocycles. The molecule has 0 saturated carbocycles. The summed E-state index contributed by atoms with van der Waals surface area (Å²) in [7, 11) is 0. The topological polar surface area (TPSA) is 112 Å². The van der Waals surface area contributed by atoms with Crippen molar-refractivity contribution in [1.82, 2.24) is 15.3 Å². The summed E-state index contributed by atoms with van der Waals surface area (Å²) in [6.45, 7) is 1.69. The summed E-state index contributed by atoms with van der Waals surface area (Å²) in [5.41, 5.74) is -0.189. The zero-order valence-electron chi connectivity index (χ0n) is 10.4. The number of amides is 1. The standard InChI is InChI=1S/C12H11N3O4S/c1-6(11-15-8(5-20-11)12(18)19)14-10(17)7-2-3-13-9(16)4-7/h2-6H,1H3,(H,13,16)(H,14,17)(H,18,19). The van der Waals surface area contributed by atoms with Gasteiger partial charge < -0.3 is 15.4 Å². The number of carboxylic acids is 1. The van der Waals surface area contributed by atoms with Crippen LogP contribution in [-0.2, 0) is 0 Å². The number of nitrogens with zero attached hydrogens (tertiary/aromatic N) is 1. The number of thiazole rings is 1. The largest absolute Gasteiger partial charge is 0.476 e. The van der Waals surface area contributed by atoms with Crippen LogP contribution in [0.3, 0.4) is 0 Å². The van der Waals surface area contributed by atoms with Gasteiger partial charge in [0.2, 0.25) is 5.56 Å². The van der Waals surface area contributed by atoms with Gasteiger partial charge in [0.25, 0.3) is 5.91 Å². The number of hydrogen-bond acceptors (Lipinski definition) is 5. The maximum absolute atomic E-state index is 11.9. The van der Waals surface area contributed by atoms with Gasteiger partial charge in [-0.05, 0) is 13.0 Å². The van der Waals surface area contributed by atoms with Crippen molar-refractivity contribution in [2.75, 3.05) is 0 Å². The van der Waals surface area contributed by atoms with E-state index in [9.17, 15) is 14.4 Å². The van der Waals surface area contributed by atoms with Crippen molar-refractivity contribution < 1.29 is 14.7 Å². The van der Waals surface area contributed by atoms with Gasteiger partial charge in [-0.3, -0.25) is 9.59 Å². The van der Waals surface area contributed by atoms with Gasteiger partial charge in [-0.1, -0.05) is 0 Å². The monoisotopic (exact) mass is 293 g/mol. The van der Waals surface area contributed by atoms with Crippen molar-refractivity contribution >= 4 is 23.2 Å². The fraction of sp³-hybridized carbons (Fsp3) is 0.167. The van der Waals surface area contributed by atoms with Gasteiger partial charge in [0.05, 0.1) is 6.04 Å². The molecule has 1 amide bonds. The Labute approximate surface area is 117 Å². The molecule has 0 bridgehead atoms. The van der Waals surface area contributed by atoms with Crippen molar-refractivity contribution in [1.29, 1.82) is 0 Å². The van der Waals surface area contributed by atoms with E-state index in [0.29, 0.717) is 5.01 Å². The van der Waals surface area contributed by atoms with Crippen LogP contribution in [0.25, 0.3) is 0 Å². The van der Waals surface area contributed by atoms with Crippen LogP contribution >= 0.6 is 11.3 Å². The van der Waals surface area contributed by atoms with Gasteiger partial charge in [0, 0.05) is 23.2 Å². The van der Waals surface area contributed by atoms with Crippen LogP contribution in [0.2, 0.25) is 0 Å². The van der Waals surface area contributed by atoms with Gasteiger partial charge in [-0.2, -0.15) is 0 Å². The summed E-state index contributed by atoms with van der Waals surface area (Å²) in [6, 6.07) is 2.22. The van der Waals surface area contributed by atoms with E-state index >= 15 is 0 Å². The van der Waals surface area contributed by atoms with Crippen LogP contribution in [0.1, 0.15) is 38.8 Å². The third kappa shape index (κ3) is 3.09. The molecule has 0 saturated heterocycles. The van der Waals surface area contributed by atoms with Crippen molar-refractivity contribution in [3.8, 4) is 0 Å². The molecule has 0 fully saturated rings. The first-order valence-corrected chi connectivity index (χ1v) is 6.53. The number of H-pyrrole nitrogens is 1. The predicted octanol–water partition coefficient (Wildman–Crippen LogP) is 1.02. The molecule has 2 aromatic heterocycles. The van der Waals surface area contributed by atoms with Crippen LogP contribution in [0.4, 0.5) is 0 Å². The van der Waals surface area contributed by atoms with E-state index in [1.165, 1.54) is 23.7 Å². The summed E-state index contributed by atoms with van der Waals surface area (Å²) >= 11 is 1.15. The molecule has 0 aliphatic heterocycles. The molecular weight excluding hydrogens is 282 g/mol. The highest BCUT2D eigenvalue weighted by atomic mass is 32.1. The lowest BCUT2D eigenvalue weighted by atomic mass is 10.2. The number of hydrogen-bond donors (Lipinski definition) is 3. The predicted molar refractivity (Wildman–Crippen MR) is 72.0 cm³/mol. The van der Waals surface area contributed by atoms with Gasteiger partial charge in [-0.15, -0.1) is 11.3 Å². The average Bonchev–Trinajstić information content (AvgIpc) is 2.88. The number of carbonyl (C=O) groups excluding carboxylic acids is 1. The van der Waals surface area contributed by atoms with Crippen molar-refractivity contribution in [2.24, 2.45) is 0 Å². The van der Waals surface area contributed by atoms with Crippen LogP contribution in [-0.4, -0.2) is 27.0 Å². The Hall–Kier alpha value is -2.48. The number of pyridine rings is 1. The zero-order chi connectivity index (χ0) is 14.7. The summed E-state index contributed by atoms with van der Waals surface area (Å²) in [5, 5.41) is 13.3. The lowest BCUT2D eigenvalue weighted by molar-refractivity contribution is 0.0691. The summed E-state index contributed by atoms with van der Waals surface area (Å²) < 4.78 is 0. The lowest BCUT2D eigenvalue weighted by Crippen LogP contribution is -2.27. The Morgan fingerprint density at radius 3 is 2.85 bits per heavy atom. The number of aromatic carboxylic acids is 1. The second kappa shape index (κ2) is 5.66. The van der Waals surface area contributed by atoms with E-state index in [2.05, 4.69) is 15.3 Å². The van der Waals surface area contributed by atoms with Crippen molar-refractivity contribution in [2.45, 2.75) is 13.0 Å². The third-order valence-electron chi connectivity index (χ3n) is 2.50. The molecule has 20 heavy (non-hydrogen) atoms. The highest BCUT2D eigenvalue weighted by Crippen LogP contribution is 2.18. The maximum Gasteiger partial charge on any atom is 0.355 e. The van der Waals surface area contributed by atoms with Crippen LogP contribution < -0.4 is 10.9 Å². The molecule has 8 heteroatoms. The fourth-order valence-electron chi connectivity index (χ4n) is 1.51. The molecule has 2 rings (SSSR count). The van der Waals surface area contributed by atoms with Crippen LogP contribution in [0.15, 0.2) is 28.5 Å². The van der Waals surface area contributed by atoms with Crippen LogP contribution in [0.5, 0.6) is 0 Å². The number of nitrogens with one attached hydrogen (secondary N) is 2. The van der Waals surface area contributed by atoms with Crippen molar-refractivity contribution in [3.63, 3.8) is 0 Å². The normalized spacial score (nSPS) is 11.8. The molecule has 0 aliphatic rings. The summed E-state index contributed by atoms with van der Waals surface area (Å²) in [5.74, 6) is -1.53. The molecule has 1 unspecified atom stereocenters. The first-order valence-electron chi connectivity index (χ1n) is 5.65. The average molecular weight is 293 g/mol. The molecule has 7 nitrogen and oxygen atoms in total. The van der Waals surface area contributed by atoms with Gasteiger partial charge >= 0.3 is 5.97 Å². The summed E-state index contributed by atoms with van der Waals surface area (Å²) in [4.78, 5) is 40.1. The molecule has 0 spiro atoms. The molecule has 104 valence electrons. The Morgan fingerprint density at radius 1 is 1.50 bits per heavy atom. The maximum atomic E-state index is 11.9. The second-order valence-electron chi connectivity index (χ2n) is 4.01. The van der Waals surface area contributed by atoms with E-state index in [1.54, 1.807) is 6.92 Å². The lowest BCUT2D eigenvalue weighted by Gasteiger charge is -2.10. The Kier molecular flexibility index (Phi) is 3.94. The first kappa shape index (κ1) is 13.9. The zero-order valence-corrected chi connectivity index (χ0v) is 11.2. The van der Waals surface area contributed by atoms with E-state index in [0.717, 1.165) is 11.3 Å². The number of carboxylic acid groups (broad SMARTS) is 1. The minimum atomic E-state index is -1.11. The number of rotatable bonds is 4. The SMILES string of the molecule is CC(NC(=O)c1cc[nH]c(=O)c1)c1nc(C(=O)O)cs1. The number of carbonyl (C=O) groups is 2. The highest BCUT2D eigenvalue weighted by molar-refractivity contribution is 7.09. The van der Waals surface area contributed by atoms with E-state index in [-0.39, 0.29) is 16.8 Å². The van der Waals surface area contributed by atoms with Gasteiger partial charge in [0.15, 0.2) is 5.69 Å². The first-order chi connectivity index (χ1) is 9.47. The molecule has 0 aromatic carbocycles. The van der Waals surface area contributed by atoms with Crippen LogP contribution in [0, 0.1) is 0 Å². The Bertz CT molecular complexity index is 706. The second-order valence-corrected chi connectivity index (χ2v) is 4.90. The van der Waals surface area contributed by atoms with Crippen molar-refractivity contribution in [3.05, 3.63) is 50.3 Å². The summed E-state index contributed by atoms with van der Waals surface area (Å²) in [6.07, 6.45) is 1.38.